The van der Waals surface area contributed by atoms with Gasteiger partial charge in [0.05, 0.1) is 5.92 Å². The monoisotopic (exact) mass is 323 g/mol. The Hall–Kier alpha value is -2.73. The fourth-order valence-electron chi connectivity index (χ4n) is 3.53. The van der Waals surface area contributed by atoms with Crippen molar-refractivity contribution < 1.29 is 14.5 Å². The molecule has 1 saturated heterocycles. The molecular weight excluding hydrogens is 306 g/mol. The van der Waals surface area contributed by atoms with E-state index in [1.54, 1.807) is 0 Å². The summed E-state index contributed by atoms with van der Waals surface area (Å²) >= 11 is 0. The van der Waals surface area contributed by atoms with Gasteiger partial charge in [-0.25, -0.2) is 4.63 Å². The highest BCUT2D eigenvalue weighted by Gasteiger charge is 2.38. The number of hydrogen-bond donors (Lipinski definition) is 1. The lowest BCUT2D eigenvalue weighted by Gasteiger charge is -2.16. The van der Waals surface area contributed by atoms with Gasteiger partial charge in [-0.1, -0.05) is 42.5 Å². The maximum absolute atomic E-state index is 11.7. The van der Waals surface area contributed by atoms with Crippen LogP contribution in [-0.4, -0.2) is 39.4 Å². The van der Waals surface area contributed by atoms with E-state index in [0.717, 1.165) is 22.2 Å². The topological polar surface area (TPSA) is 79.5 Å². The zero-order chi connectivity index (χ0) is 16.5. The van der Waals surface area contributed by atoms with Crippen molar-refractivity contribution in [2.45, 2.75) is 12.5 Å². The van der Waals surface area contributed by atoms with E-state index in [1.807, 2.05) is 48.5 Å². The highest BCUT2D eigenvalue weighted by molar-refractivity contribution is 5.76. The Bertz CT molecular complexity index is 862. The average Bonchev–Trinajstić information content (AvgIpc) is 3.23. The Balaban J connectivity index is 1.59. The van der Waals surface area contributed by atoms with Crippen LogP contribution in [-0.2, 0) is 11.3 Å². The lowest BCUT2D eigenvalue weighted by molar-refractivity contribution is -0.141. The van der Waals surface area contributed by atoms with Crippen molar-refractivity contribution in [3.8, 4) is 0 Å². The number of aliphatic carboxylic acids is 1. The maximum atomic E-state index is 11.7. The molecule has 1 aromatic heterocycles. The lowest BCUT2D eigenvalue weighted by atomic mass is 9.89. The van der Waals surface area contributed by atoms with Gasteiger partial charge in [-0.2, -0.15) is 0 Å². The summed E-state index contributed by atoms with van der Waals surface area (Å²) in [7, 11) is 0. The van der Waals surface area contributed by atoms with Crippen LogP contribution in [0.2, 0.25) is 0 Å². The number of fused-ring (bicyclic) bond motifs is 1. The van der Waals surface area contributed by atoms with Crippen LogP contribution in [0, 0.1) is 5.92 Å². The van der Waals surface area contributed by atoms with Gasteiger partial charge in [-0.3, -0.25) is 9.69 Å². The van der Waals surface area contributed by atoms with Gasteiger partial charge in [0, 0.05) is 25.6 Å². The first kappa shape index (κ1) is 14.8. The van der Waals surface area contributed by atoms with Crippen molar-refractivity contribution in [1.29, 1.82) is 0 Å². The zero-order valence-corrected chi connectivity index (χ0v) is 13.0. The van der Waals surface area contributed by atoms with E-state index < -0.39 is 11.9 Å². The van der Waals surface area contributed by atoms with Gasteiger partial charge >= 0.3 is 5.97 Å². The summed E-state index contributed by atoms with van der Waals surface area (Å²) in [4.78, 5) is 13.9. The smallest absolute Gasteiger partial charge is 0.308 e. The molecule has 0 amide bonds. The predicted molar refractivity (Wildman–Crippen MR) is 87.4 cm³/mol. The molecule has 0 bridgehead atoms. The SMILES string of the molecule is O=C(O)[C@@H]1CN(Cc2cccc3nonc23)C[C@H]1c1ccccc1. The molecule has 1 fully saturated rings. The Kier molecular flexibility index (Phi) is 3.74. The summed E-state index contributed by atoms with van der Waals surface area (Å²) in [5.74, 6) is -1.15. The van der Waals surface area contributed by atoms with Crippen LogP contribution in [0.5, 0.6) is 0 Å². The standard InChI is InChI=1S/C18H17N3O3/c22-18(23)15-11-21(10-14(15)12-5-2-1-3-6-12)9-13-7-4-8-16-17(13)20-24-19-16/h1-8,14-15H,9-11H2,(H,22,23)/t14-,15+/m0/s1. The molecule has 2 aromatic carbocycles. The van der Waals surface area contributed by atoms with Gasteiger partial charge in [0.1, 0.15) is 11.0 Å². The minimum absolute atomic E-state index is 0.00154. The Morgan fingerprint density at radius 1 is 1.12 bits per heavy atom. The van der Waals surface area contributed by atoms with Crippen LogP contribution >= 0.6 is 0 Å². The number of carboxylic acids is 1. The number of hydrogen-bond acceptors (Lipinski definition) is 5. The molecule has 0 radical (unpaired) electrons. The van der Waals surface area contributed by atoms with E-state index in [-0.39, 0.29) is 5.92 Å². The van der Waals surface area contributed by atoms with Crippen molar-refractivity contribution in [2.24, 2.45) is 5.92 Å². The molecule has 4 rings (SSSR count). The molecule has 24 heavy (non-hydrogen) atoms. The summed E-state index contributed by atoms with van der Waals surface area (Å²) in [5.41, 5.74) is 3.55. The quantitative estimate of drug-likeness (QED) is 0.795. The molecule has 6 nitrogen and oxygen atoms in total. The highest BCUT2D eigenvalue weighted by atomic mass is 16.6. The second kappa shape index (κ2) is 6.05. The summed E-state index contributed by atoms with van der Waals surface area (Å²) in [6.07, 6.45) is 0. The fourth-order valence-corrected chi connectivity index (χ4v) is 3.53. The second-order valence-electron chi connectivity index (χ2n) is 6.21. The maximum Gasteiger partial charge on any atom is 0.308 e. The van der Waals surface area contributed by atoms with Crippen molar-refractivity contribution in [3.05, 3.63) is 59.7 Å². The van der Waals surface area contributed by atoms with E-state index in [2.05, 4.69) is 15.2 Å². The third kappa shape index (κ3) is 2.65. The van der Waals surface area contributed by atoms with Crippen LogP contribution in [0.15, 0.2) is 53.2 Å². The molecule has 2 atom stereocenters. The van der Waals surface area contributed by atoms with Gasteiger partial charge in [-0.05, 0) is 27.5 Å². The number of aromatic nitrogens is 2. The van der Waals surface area contributed by atoms with E-state index in [0.29, 0.717) is 19.6 Å². The van der Waals surface area contributed by atoms with Crippen molar-refractivity contribution in [1.82, 2.24) is 15.2 Å². The molecule has 3 aromatic rings. The van der Waals surface area contributed by atoms with Crippen LogP contribution in [0.25, 0.3) is 11.0 Å². The van der Waals surface area contributed by atoms with Gasteiger partial charge in [0.2, 0.25) is 0 Å². The Morgan fingerprint density at radius 3 is 2.75 bits per heavy atom. The number of carboxylic acid groups (broad SMARTS) is 1. The Labute approximate surface area is 138 Å². The summed E-state index contributed by atoms with van der Waals surface area (Å²) < 4.78 is 4.81. The van der Waals surface area contributed by atoms with Gasteiger partial charge in [0.15, 0.2) is 0 Å². The molecule has 1 N–H and O–H groups in total. The number of benzene rings is 2. The molecule has 6 heteroatoms. The van der Waals surface area contributed by atoms with Gasteiger partial charge in [-0.15, -0.1) is 0 Å². The van der Waals surface area contributed by atoms with Crippen molar-refractivity contribution in [3.63, 3.8) is 0 Å². The minimum Gasteiger partial charge on any atom is -0.481 e. The first-order valence-corrected chi connectivity index (χ1v) is 7.92. The molecule has 0 saturated carbocycles. The molecule has 2 heterocycles. The number of rotatable bonds is 4. The first-order chi connectivity index (χ1) is 11.7. The highest BCUT2D eigenvalue weighted by Crippen LogP contribution is 2.34. The molecule has 1 aliphatic heterocycles. The van der Waals surface area contributed by atoms with Crippen LogP contribution < -0.4 is 0 Å². The third-order valence-corrected chi connectivity index (χ3v) is 4.70. The molecule has 0 spiro atoms. The minimum atomic E-state index is -0.743. The fraction of sp³-hybridized carbons (Fsp3) is 0.278. The number of carbonyl (C=O) groups is 1. The molecule has 0 unspecified atom stereocenters. The van der Waals surface area contributed by atoms with Crippen LogP contribution in [0.3, 0.4) is 0 Å². The normalized spacial score (nSPS) is 21.3. The number of nitrogens with zero attached hydrogens (tertiary/aromatic N) is 3. The predicted octanol–water partition coefficient (Wildman–Crippen LogP) is 2.52. The third-order valence-electron chi connectivity index (χ3n) is 4.70. The Morgan fingerprint density at radius 2 is 1.96 bits per heavy atom. The molecule has 1 aliphatic rings. The van der Waals surface area contributed by atoms with Gasteiger partial charge < -0.3 is 5.11 Å². The summed E-state index contributed by atoms with van der Waals surface area (Å²) in [5, 5.41) is 17.4. The number of likely N-dealkylation sites (tertiary alicyclic amines) is 1. The summed E-state index contributed by atoms with van der Waals surface area (Å²) in [6, 6.07) is 15.6. The van der Waals surface area contributed by atoms with E-state index >= 15 is 0 Å². The molecule has 0 aliphatic carbocycles. The van der Waals surface area contributed by atoms with Crippen molar-refractivity contribution in [2.75, 3.05) is 13.1 Å². The van der Waals surface area contributed by atoms with E-state index in [4.69, 9.17) is 4.63 Å². The van der Waals surface area contributed by atoms with Crippen LogP contribution in [0.1, 0.15) is 17.0 Å². The second-order valence-corrected chi connectivity index (χ2v) is 6.21. The van der Waals surface area contributed by atoms with Crippen LogP contribution in [0.4, 0.5) is 0 Å². The molecular formula is C18H17N3O3. The van der Waals surface area contributed by atoms with E-state index in [1.165, 1.54) is 0 Å². The molecule has 122 valence electrons. The first-order valence-electron chi connectivity index (χ1n) is 7.92. The summed E-state index contributed by atoms with van der Waals surface area (Å²) in [6.45, 7) is 1.87. The lowest BCUT2D eigenvalue weighted by Crippen LogP contribution is -2.23. The van der Waals surface area contributed by atoms with Crippen molar-refractivity contribution >= 4 is 17.0 Å². The largest absolute Gasteiger partial charge is 0.481 e. The zero-order valence-electron chi connectivity index (χ0n) is 13.0. The van der Waals surface area contributed by atoms with Gasteiger partial charge in [0.25, 0.3) is 0 Å². The average molecular weight is 323 g/mol. The van der Waals surface area contributed by atoms with E-state index in [9.17, 15) is 9.90 Å².